The number of carbonyl (C=O) groups is 1. The van der Waals surface area contributed by atoms with E-state index in [4.69, 9.17) is 37.1 Å². The number of rotatable bonds is 9. The fourth-order valence-corrected chi connectivity index (χ4v) is 3.52. The van der Waals surface area contributed by atoms with Crippen LogP contribution in [0.25, 0.3) is 0 Å². The third-order valence-electron chi connectivity index (χ3n) is 4.63. The first kappa shape index (κ1) is 22.8. The zero-order valence-corrected chi connectivity index (χ0v) is 19.3. The van der Waals surface area contributed by atoms with Crippen LogP contribution in [-0.4, -0.2) is 22.3 Å². The van der Waals surface area contributed by atoms with Crippen molar-refractivity contribution in [3.63, 3.8) is 0 Å². The lowest BCUT2D eigenvalue weighted by Gasteiger charge is -2.06. The van der Waals surface area contributed by atoms with E-state index in [0.717, 1.165) is 11.3 Å². The van der Waals surface area contributed by atoms with Gasteiger partial charge in [0.05, 0.1) is 13.2 Å². The second kappa shape index (κ2) is 10.5. The van der Waals surface area contributed by atoms with Crippen LogP contribution in [0.4, 0.5) is 5.82 Å². The van der Waals surface area contributed by atoms with Crippen LogP contribution in [0, 0.1) is 0 Å². The molecule has 2 heterocycles. The third kappa shape index (κ3) is 6.09. The van der Waals surface area contributed by atoms with E-state index in [1.165, 1.54) is 0 Å². The van der Waals surface area contributed by atoms with Crippen molar-refractivity contribution in [3.8, 4) is 11.5 Å². The van der Waals surface area contributed by atoms with Crippen LogP contribution in [-0.2, 0) is 13.2 Å². The highest BCUT2D eigenvalue weighted by Gasteiger charge is 2.14. The number of amides is 1. The average molecular weight is 486 g/mol. The van der Waals surface area contributed by atoms with Gasteiger partial charge < -0.3 is 19.2 Å². The molecule has 4 aromatic rings. The molecule has 2 aromatic heterocycles. The summed E-state index contributed by atoms with van der Waals surface area (Å²) in [5.41, 5.74) is 0.866. The van der Waals surface area contributed by atoms with Crippen molar-refractivity contribution in [1.82, 2.24) is 9.78 Å². The molecule has 1 amide bonds. The molecule has 0 atom stereocenters. The van der Waals surface area contributed by atoms with Crippen LogP contribution in [0.3, 0.4) is 0 Å². The SMILES string of the molecule is CCOc1ccc(OCc2ccc(C(=O)Nc3ccn(Cc4ccc(Cl)cc4Cl)n3)o2)cc1. The van der Waals surface area contributed by atoms with Crippen LogP contribution < -0.4 is 14.8 Å². The van der Waals surface area contributed by atoms with Gasteiger partial charge in [0.1, 0.15) is 23.9 Å². The topological polar surface area (TPSA) is 78.5 Å². The predicted octanol–water partition coefficient (Wildman–Crippen LogP) is 6.06. The lowest BCUT2D eigenvalue weighted by atomic mass is 10.2. The van der Waals surface area contributed by atoms with E-state index in [9.17, 15) is 4.79 Å². The van der Waals surface area contributed by atoms with Gasteiger partial charge in [-0.05, 0) is 61.0 Å². The zero-order valence-electron chi connectivity index (χ0n) is 17.8. The lowest BCUT2D eigenvalue weighted by Crippen LogP contribution is -2.12. The standard InChI is InChI=1S/C24H21Cl2N3O4/c1-2-31-18-5-7-19(8-6-18)32-15-20-9-10-22(33-20)24(30)27-23-11-12-29(28-23)14-16-3-4-17(25)13-21(16)26/h3-13H,2,14-15H2,1H3,(H,27,28,30). The summed E-state index contributed by atoms with van der Waals surface area (Å²) < 4.78 is 18.4. The summed E-state index contributed by atoms with van der Waals surface area (Å²) in [7, 11) is 0. The molecule has 0 aliphatic rings. The Kier molecular flexibility index (Phi) is 7.22. The van der Waals surface area contributed by atoms with Crippen LogP contribution >= 0.6 is 23.2 Å². The summed E-state index contributed by atoms with van der Waals surface area (Å²) >= 11 is 12.1. The summed E-state index contributed by atoms with van der Waals surface area (Å²) in [4.78, 5) is 12.5. The molecule has 0 fully saturated rings. The molecule has 0 spiro atoms. The number of furan rings is 1. The quantitative estimate of drug-likeness (QED) is 0.311. The molecule has 33 heavy (non-hydrogen) atoms. The van der Waals surface area contributed by atoms with Crippen LogP contribution in [0.15, 0.2) is 71.3 Å². The zero-order chi connectivity index (χ0) is 23.2. The van der Waals surface area contributed by atoms with Gasteiger partial charge in [-0.2, -0.15) is 5.10 Å². The third-order valence-corrected chi connectivity index (χ3v) is 5.22. The second-order valence-electron chi connectivity index (χ2n) is 7.05. The molecule has 7 nitrogen and oxygen atoms in total. The molecular formula is C24H21Cl2N3O4. The largest absolute Gasteiger partial charge is 0.494 e. The Hall–Kier alpha value is -3.42. The van der Waals surface area contributed by atoms with E-state index in [1.54, 1.807) is 41.2 Å². The Balaban J connectivity index is 1.31. The molecule has 0 saturated carbocycles. The number of carbonyl (C=O) groups excluding carboxylic acids is 1. The van der Waals surface area contributed by atoms with Gasteiger partial charge in [0, 0.05) is 22.3 Å². The molecule has 2 aromatic carbocycles. The van der Waals surface area contributed by atoms with Gasteiger partial charge in [0.25, 0.3) is 5.91 Å². The first-order chi connectivity index (χ1) is 16.0. The highest BCUT2D eigenvalue weighted by atomic mass is 35.5. The van der Waals surface area contributed by atoms with Crippen molar-refractivity contribution >= 4 is 34.9 Å². The number of hydrogen-bond donors (Lipinski definition) is 1. The number of anilines is 1. The molecule has 0 unspecified atom stereocenters. The van der Waals surface area contributed by atoms with E-state index < -0.39 is 5.91 Å². The van der Waals surface area contributed by atoms with Gasteiger partial charge in [-0.3, -0.25) is 9.48 Å². The van der Waals surface area contributed by atoms with Crippen molar-refractivity contribution in [1.29, 1.82) is 0 Å². The second-order valence-corrected chi connectivity index (χ2v) is 7.89. The number of hydrogen-bond acceptors (Lipinski definition) is 5. The van der Waals surface area contributed by atoms with E-state index in [2.05, 4.69) is 10.4 Å². The van der Waals surface area contributed by atoms with Crippen molar-refractivity contribution in [2.24, 2.45) is 0 Å². The van der Waals surface area contributed by atoms with E-state index in [1.807, 2.05) is 37.3 Å². The van der Waals surface area contributed by atoms with Gasteiger partial charge in [0.15, 0.2) is 11.6 Å². The number of halogens is 2. The normalized spacial score (nSPS) is 10.8. The van der Waals surface area contributed by atoms with Crippen molar-refractivity contribution in [3.05, 3.63) is 94.0 Å². The molecule has 1 N–H and O–H groups in total. The summed E-state index contributed by atoms with van der Waals surface area (Å²) in [6.45, 7) is 3.17. The molecule has 0 aliphatic heterocycles. The van der Waals surface area contributed by atoms with Gasteiger partial charge in [-0.1, -0.05) is 29.3 Å². The van der Waals surface area contributed by atoms with Gasteiger partial charge >= 0.3 is 0 Å². The Morgan fingerprint density at radius 1 is 1.03 bits per heavy atom. The lowest BCUT2D eigenvalue weighted by molar-refractivity contribution is 0.0992. The first-order valence-electron chi connectivity index (χ1n) is 10.2. The molecule has 9 heteroatoms. The van der Waals surface area contributed by atoms with Crippen molar-refractivity contribution in [2.75, 3.05) is 11.9 Å². The molecular weight excluding hydrogens is 465 g/mol. The predicted molar refractivity (Wildman–Crippen MR) is 126 cm³/mol. The first-order valence-corrected chi connectivity index (χ1v) is 11.0. The number of ether oxygens (including phenoxy) is 2. The molecule has 0 aliphatic carbocycles. The fraction of sp³-hybridized carbons (Fsp3) is 0.167. The van der Waals surface area contributed by atoms with E-state index in [-0.39, 0.29) is 12.4 Å². The Bertz CT molecular complexity index is 1230. The monoisotopic (exact) mass is 485 g/mol. The van der Waals surface area contributed by atoms with Gasteiger partial charge in [0.2, 0.25) is 0 Å². The van der Waals surface area contributed by atoms with Gasteiger partial charge in [-0.15, -0.1) is 0 Å². The smallest absolute Gasteiger partial charge is 0.292 e. The van der Waals surface area contributed by atoms with Crippen LogP contribution in [0.5, 0.6) is 11.5 Å². The molecule has 170 valence electrons. The van der Waals surface area contributed by atoms with E-state index >= 15 is 0 Å². The van der Waals surface area contributed by atoms with Crippen LogP contribution in [0.2, 0.25) is 10.0 Å². The fourth-order valence-electron chi connectivity index (χ4n) is 3.05. The highest BCUT2D eigenvalue weighted by Crippen LogP contribution is 2.22. The van der Waals surface area contributed by atoms with Crippen LogP contribution in [0.1, 0.15) is 28.8 Å². The van der Waals surface area contributed by atoms with E-state index in [0.29, 0.717) is 40.5 Å². The number of nitrogens with zero attached hydrogens (tertiary/aromatic N) is 2. The highest BCUT2D eigenvalue weighted by molar-refractivity contribution is 6.35. The minimum atomic E-state index is -0.405. The minimum Gasteiger partial charge on any atom is -0.494 e. The summed E-state index contributed by atoms with van der Waals surface area (Å²) in [6, 6.07) is 17.6. The maximum absolute atomic E-state index is 12.5. The maximum Gasteiger partial charge on any atom is 0.292 e. The molecule has 4 rings (SSSR count). The maximum atomic E-state index is 12.5. The molecule has 0 saturated heterocycles. The summed E-state index contributed by atoms with van der Waals surface area (Å²) in [5, 5.41) is 8.20. The van der Waals surface area contributed by atoms with Crippen molar-refractivity contribution in [2.45, 2.75) is 20.1 Å². The summed E-state index contributed by atoms with van der Waals surface area (Å²) in [6.07, 6.45) is 1.75. The average Bonchev–Trinajstić information content (AvgIpc) is 3.45. The van der Waals surface area contributed by atoms with Gasteiger partial charge in [-0.25, -0.2) is 0 Å². The summed E-state index contributed by atoms with van der Waals surface area (Å²) in [5.74, 6) is 2.13. The molecule has 0 radical (unpaired) electrons. The number of aromatic nitrogens is 2. The Morgan fingerprint density at radius 3 is 2.52 bits per heavy atom. The van der Waals surface area contributed by atoms with Crippen molar-refractivity contribution < 1.29 is 18.7 Å². The Morgan fingerprint density at radius 2 is 1.79 bits per heavy atom. The Labute approximate surface area is 200 Å². The minimum absolute atomic E-state index is 0.163. The number of nitrogens with one attached hydrogen (secondary N) is 1. The number of benzene rings is 2. The molecule has 0 bridgehead atoms.